The van der Waals surface area contributed by atoms with Crippen LogP contribution in [0.1, 0.15) is 18.2 Å². The monoisotopic (exact) mass is 221 g/mol. The van der Waals surface area contributed by atoms with Crippen LogP contribution in [0, 0.1) is 0 Å². The summed E-state index contributed by atoms with van der Waals surface area (Å²) in [6.45, 7) is 2.74. The highest BCUT2D eigenvalue weighted by Crippen LogP contribution is 2.23. The topological polar surface area (TPSA) is 39.2 Å². The van der Waals surface area contributed by atoms with E-state index in [9.17, 15) is 0 Å². The molecule has 2 aromatic rings. The van der Waals surface area contributed by atoms with Crippen molar-refractivity contribution < 1.29 is 4.42 Å². The normalized spacial score (nSPS) is 11.1. The third-order valence-electron chi connectivity index (χ3n) is 2.32. The molecular formula is C12H15NOS. The summed E-state index contributed by atoms with van der Waals surface area (Å²) in [6, 6.07) is 8.22. The molecule has 0 saturated carbocycles. The molecule has 0 atom stereocenters. The van der Waals surface area contributed by atoms with Crippen LogP contribution in [-0.2, 0) is 12.3 Å². The molecule has 0 amide bonds. The third-order valence-corrected chi connectivity index (χ3v) is 3.21. The summed E-state index contributed by atoms with van der Waals surface area (Å²) in [7, 11) is 0. The van der Waals surface area contributed by atoms with Crippen LogP contribution in [0.25, 0.3) is 11.0 Å². The van der Waals surface area contributed by atoms with Gasteiger partial charge < -0.3 is 10.2 Å². The quantitative estimate of drug-likeness (QED) is 0.862. The highest BCUT2D eigenvalue weighted by atomic mass is 32.2. The molecule has 2 nitrogen and oxygen atoms in total. The van der Waals surface area contributed by atoms with Gasteiger partial charge in [-0.3, -0.25) is 0 Å². The first-order valence-electron chi connectivity index (χ1n) is 5.12. The van der Waals surface area contributed by atoms with E-state index in [0.29, 0.717) is 6.54 Å². The van der Waals surface area contributed by atoms with E-state index in [2.05, 4.69) is 19.1 Å². The van der Waals surface area contributed by atoms with Gasteiger partial charge >= 0.3 is 0 Å². The van der Waals surface area contributed by atoms with E-state index in [1.165, 1.54) is 0 Å². The van der Waals surface area contributed by atoms with Crippen LogP contribution in [0.5, 0.6) is 0 Å². The van der Waals surface area contributed by atoms with Crippen LogP contribution in [0.4, 0.5) is 0 Å². The summed E-state index contributed by atoms with van der Waals surface area (Å²) in [4.78, 5) is 0. The van der Waals surface area contributed by atoms with E-state index in [0.717, 1.165) is 33.8 Å². The first-order chi connectivity index (χ1) is 7.33. The fourth-order valence-corrected chi connectivity index (χ4v) is 2.10. The Kier molecular flexibility index (Phi) is 3.34. The lowest BCUT2D eigenvalue weighted by Crippen LogP contribution is -1.94. The van der Waals surface area contributed by atoms with Crippen LogP contribution < -0.4 is 5.73 Å². The van der Waals surface area contributed by atoms with Crippen LogP contribution in [0.3, 0.4) is 0 Å². The van der Waals surface area contributed by atoms with Gasteiger partial charge in [0, 0.05) is 11.9 Å². The molecule has 3 heteroatoms. The molecule has 0 aliphatic carbocycles. The molecule has 1 aromatic heterocycles. The van der Waals surface area contributed by atoms with Crippen molar-refractivity contribution in [3.63, 3.8) is 0 Å². The maximum Gasteiger partial charge on any atom is 0.134 e. The van der Waals surface area contributed by atoms with Crippen molar-refractivity contribution >= 4 is 22.7 Å². The predicted octanol–water partition coefficient (Wildman–Crippen LogP) is 3.14. The second-order valence-corrected chi connectivity index (χ2v) is 4.70. The maximum atomic E-state index is 5.71. The van der Waals surface area contributed by atoms with Crippen molar-refractivity contribution in [2.24, 2.45) is 5.73 Å². The summed E-state index contributed by atoms with van der Waals surface area (Å²) < 4.78 is 5.71. The van der Waals surface area contributed by atoms with Crippen LogP contribution in [0.2, 0.25) is 0 Å². The first-order valence-corrected chi connectivity index (χ1v) is 6.28. The Hall–Kier alpha value is -0.930. The fraction of sp³-hybridized carbons (Fsp3) is 0.333. The molecule has 80 valence electrons. The number of rotatable bonds is 4. The van der Waals surface area contributed by atoms with Gasteiger partial charge in [-0.2, -0.15) is 11.8 Å². The summed E-state index contributed by atoms with van der Waals surface area (Å²) in [5.41, 5.74) is 7.70. The van der Waals surface area contributed by atoms with E-state index >= 15 is 0 Å². The Morgan fingerprint density at radius 1 is 1.33 bits per heavy atom. The Balaban J connectivity index is 2.29. The minimum absolute atomic E-state index is 0.583. The number of hydrogen-bond acceptors (Lipinski definition) is 3. The zero-order chi connectivity index (χ0) is 10.7. The van der Waals surface area contributed by atoms with Gasteiger partial charge in [0.1, 0.15) is 11.3 Å². The van der Waals surface area contributed by atoms with Crippen molar-refractivity contribution in [3.05, 3.63) is 35.6 Å². The molecule has 2 rings (SSSR count). The number of furan rings is 1. The van der Waals surface area contributed by atoms with Crippen LogP contribution in [-0.4, -0.2) is 5.75 Å². The lowest BCUT2D eigenvalue weighted by Gasteiger charge is -1.94. The van der Waals surface area contributed by atoms with Crippen molar-refractivity contribution in [1.82, 2.24) is 0 Å². The summed E-state index contributed by atoms with van der Waals surface area (Å²) >= 11 is 1.87. The summed E-state index contributed by atoms with van der Waals surface area (Å²) in [6.07, 6.45) is 0. The van der Waals surface area contributed by atoms with Gasteiger partial charge in [0.05, 0.1) is 5.75 Å². The highest BCUT2D eigenvalue weighted by Gasteiger charge is 2.03. The van der Waals surface area contributed by atoms with Crippen molar-refractivity contribution in [2.75, 3.05) is 5.75 Å². The molecule has 1 heterocycles. The van der Waals surface area contributed by atoms with Crippen LogP contribution >= 0.6 is 11.8 Å². The molecule has 0 aliphatic rings. The first kappa shape index (κ1) is 10.6. The van der Waals surface area contributed by atoms with Gasteiger partial charge in [-0.1, -0.05) is 13.0 Å². The van der Waals surface area contributed by atoms with Crippen LogP contribution in [0.15, 0.2) is 28.7 Å². The molecule has 0 fully saturated rings. The lowest BCUT2D eigenvalue weighted by atomic mass is 10.1. The Morgan fingerprint density at radius 2 is 2.20 bits per heavy atom. The van der Waals surface area contributed by atoms with Gasteiger partial charge in [-0.25, -0.2) is 0 Å². The molecule has 2 N–H and O–H groups in total. The van der Waals surface area contributed by atoms with Crippen molar-refractivity contribution in [2.45, 2.75) is 19.2 Å². The Bertz CT molecular complexity index is 450. The molecule has 1 aromatic carbocycles. The minimum atomic E-state index is 0.583. The molecule has 0 saturated heterocycles. The fourth-order valence-electron chi connectivity index (χ4n) is 1.55. The Morgan fingerprint density at radius 3 is 2.93 bits per heavy atom. The zero-order valence-corrected chi connectivity index (χ0v) is 9.64. The van der Waals surface area contributed by atoms with E-state index in [4.69, 9.17) is 10.2 Å². The summed E-state index contributed by atoms with van der Waals surface area (Å²) in [5, 5.41) is 1.16. The largest absolute Gasteiger partial charge is 0.460 e. The number of nitrogens with two attached hydrogens (primary N) is 1. The molecule has 0 aliphatic heterocycles. The lowest BCUT2D eigenvalue weighted by molar-refractivity contribution is 0.574. The van der Waals surface area contributed by atoms with E-state index in [1.807, 2.05) is 23.9 Å². The second kappa shape index (κ2) is 4.73. The van der Waals surface area contributed by atoms with Gasteiger partial charge in [0.15, 0.2) is 0 Å². The predicted molar refractivity (Wildman–Crippen MR) is 65.9 cm³/mol. The summed E-state index contributed by atoms with van der Waals surface area (Å²) in [5.74, 6) is 3.11. The minimum Gasteiger partial charge on any atom is -0.460 e. The van der Waals surface area contributed by atoms with Gasteiger partial charge in [-0.05, 0) is 29.5 Å². The van der Waals surface area contributed by atoms with Gasteiger partial charge in [0.2, 0.25) is 0 Å². The number of hydrogen-bond donors (Lipinski definition) is 1. The SMILES string of the molecule is CCSCc1cc2cc(CN)ccc2o1. The third kappa shape index (κ3) is 2.36. The second-order valence-electron chi connectivity index (χ2n) is 3.43. The maximum absolute atomic E-state index is 5.71. The average molecular weight is 221 g/mol. The number of benzene rings is 1. The smallest absolute Gasteiger partial charge is 0.134 e. The standard InChI is InChI=1S/C12H15NOS/c1-2-15-8-11-6-10-5-9(7-13)3-4-12(10)14-11/h3-6H,2,7-8,13H2,1H3. The Labute approximate surface area is 93.8 Å². The number of fused-ring (bicyclic) bond motifs is 1. The number of thioether (sulfide) groups is 1. The highest BCUT2D eigenvalue weighted by molar-refractivity contribution is 7.98. The molecular weight excluding hydrogens is 206 g/mol. The van der Waals surface area contributed by atoms with E-state index < -0.39 is 0 Å². The molecule has 0 spiro atoms. The van der Waals surface area contributed by atoms with E-state index in [-0.39, 0.29) is 0 Å². The molecule has 0 radical (unpaired) electrons. The molecule has 15 heavy (non-hydrogen) atoms. The van der Waals surface area contributed by atoms with E-state index in [1.54, 1.807) is 0 Å². The molecule has 0 unspecified atom stereocenters. The zero-order valence-electron chi connectivity index (χ0n) is 8.82. The van der Waals surface area contributed by atoms with Gasteiger partial charge in [0.25, 0.3) is 0 Å². The van der Waals surface area contributed by atoms with Crippen molar-refractivity contribution in [3.8, 4) is 0 Å². The van der Waals surface area contributed by atoms with Crippen molar-refractivity contribution in [1.29, 1.82) is 0 Å². The van der Waals surface area contributed by atoms with Gasteiger partial charge in [-0.15, -0.1) is 0 Å². The molecule has 0 bridgehead atoms. The average Bonchev–Trinajstić information content (AvgIpc) is 2.67.